The number of carbonyl (C=O) groups excluding carboxylic acids is 1. The highest BCUT2D eigenvalue weighted by atomic mass is 16.1. The average Bonchev–Trinajstić information content (AvgIpc) is 2.55. The van der Waals surface area contributed by atoms with Crippen molar-refractivity contribution < 1.29 is 4.79 Å². The molecule has 0 aliphatic carbocycles. The molecular formula is C11H15N3O. The number of hydrogen-bond acceptors (Lipinski definition) is 2. The van der Waals surface area contributed by atoms with Gasteiger partial charge in [0.05, 0.1) is 17.3 Å². The molecule has 2 N–H and O–H groups in total. The van der Waals surface area contributed by atoms with Gasteiger partial charge in [-0.3, -0.25) is 9.89 Å². The molecule has 4 heteroatoms. The number of carbonyl (C=O) groups is 1. The predicted octanol–water partition coefficient (Wildman–Crippen LogP) is 1.17. The van der Waals surface area contributed by atoms with Gasteiger partial charge >= 0.3 is 0 Å². The fourth-order valence-electron chi connectivity index (χ4n) is 1.38. The Balaban J connectivity index is 2.83. The van der Waals surface area contributed by atoms with Gasteiger partial charge in [0.1, 0.15) is 0 Å². The largest absolute Gasteiger partial charge is 0.338 e. The Morgan fingerprint density at radius 2 is 2.33 bits per heavy atom. The van der Waals surface area contributed by atoms with Crippen molar-refractivity contribution in [2.75, 3.05) is 0 Å². The number of terminal acetylenes is 1. The van der Waals surface area contributed by atoms with Gasteiger partial charge in [-0.1, -0.05) is 12.8 Å². The van der Waals surface area contributed by atoms with Gasteiger partial charge in [0, 0.05) is 5.69 Å². The number of aromatic amines is 1. The Labute approximate surface area is 89.5 Å². The van der Waals surface area contributed by atoms with E-state index in [2.05, 4.69) is 21.4 Å². The van der Waals surface area contributed by atoms with Gasteiger partial charge in [-0.2, -0.15) is 5.10 Å². The van der Waals surface area contributed by atoms with Crippen molar-refractivity contribution >= 4 is 5.91 Å². The van der Waals surface area contributed by atoms with Gasteiger partial charge in [-0.25, -0.2) is 0 Å². The number of aromatic nitrogens is 2. The van der Waals surface area contributed by atoms with Crippen LogP contribution in [0.2, 0.25) is 0 Å². The summed E-state index contributed by atoms with van der Waals surface area (Å²) in [7, 11) is 0. The molecule has 4 nitrogen and oxygen atoms in total. The maximum absolute atomic E-state index is 11.8. The van der Waals surface area contributed by atoms with Crippen LogP contribution in [0.1, 0.15) is 35.1 Å². The van der Waals surface area contributed by atoms with Gasteiger partial charge in [-0.15, -0.1) is 6.42 Å². The number of nitrogens with one attached hydrogen (secondary N) is 2. The lowest BCUT2D eigenvalue weighted by atomic mass is 10.1. The molecule has 1 atom stereocenters. The maximum atomic E-state index is 11.8. The number of rotatable bonds is 3. The molecule has 0 bridgehead atoms. The summed E-state index contributed by atoms with van der Waals surface area (Å²) in [5.74, 6) is 2.36. The van der Waals surface area contributed by atoms with Crippen molar-refractivity contribution in [2.24, 2.45) is 0 Å². The van der Waals surface area contributed by atoms with Crippen LogP contribution in [0.5, 0.6) is 0 Å². The average molecular weight is 205 g/mol. The van der Waals surface area contributed by atoms with Crippen LogP contribution in [0.3, 0.4) is 0 Å². The molecule has 0 spiro atoms. The molecular weight excluding hydrogens is 190 g/mol. The summed E-state index contributed by atoms with van der Waals surface area (Å²) in [6.07, 6.45) is 5.99. The SMILES string of the molecule is C#CC(CC)NC(=O)c1c(C)n[nH]c1C. The lowest BCUT2D eigenvalue weighted by Gasteiger charge is -2.10. The zero-order chi connectivity index (χ0) is 11.4. The monoisotopic (exact) mass is 205 g/mol. The first-order valence-electron chi connectivity index (χ1n) is 4.88. The third-order valence-electron chi connectivity index (χ3n) is 2.27. The van der Waals surface area contributed by atoms with Crippen LogP contribution in [0.25, 0.3) is 0 Å². The Hall–Kier alpha value is -1.76. The molecule has 1 amide bonds. The topological polar surface area (TPSA) is 57.8 Å². The first-order valence-corrected chi connectivity index (χ1v) is 4.88. The van der Waals surface area contributed by atoms with Crippen molar-refractivity contribution in [3.05, 3.63) is 17.0 Å². The van der Waals surface area contributed by atoms with E-state index in [4.69, 9.17) is 6.42 Å². The summed E-state index contributed by atoms with van der Waals surface area (Å²) in [4.78, 5) is 11.8. The minimum atomic E-state index is -0.216. The highest BCUT2D eigenvalue weighted by Crippen LogP contribution is 2.09. The zero-order valence-corrected chi connectivity index (χ0v) is 9.22. The Morgan fingerprint density at radius 1 is 1.67 bits per heavy atom. The second-order valence-corrected chi connectivity index (χ2v) is 3.41. The molecule has 80 valence electrons. The Morgan fingerprint density at radius 3 is 2.73 bits per heavy atom. The normalized spacial score (nSPS) is 11.9. The molecule has 0 saturated carbocycles. The van der Waals surface area contributed by atoms with Gasteiger partial charge < -0.3 is 5.32 Å². The standard InChI is InChI=1S/C11H15N3O/c1-5-9(6-2)12-11(15)10-7(3)13-14-8(10)4/h1,9H,6H2,2-4H3,(H,12,15)(H,13,14). The van der Waals surface area contributed by atoms with E-state index in [1.807, 2.05) is 13.8 Å². The molecule has 0 saturated heterocycles. The third-order valence-corrected chi connectivity index (χ3v) is 2.27. The van der Waals surface area contributed by atoms with E-state index in [0.29, 0.717) is 11.3 Å². The molecule has 1 unspecified atom stereocenters. The lowest BCUT2D eigenvalue weighted by molar-refractivity contribution is 0.0944. The maximum Gasteiger partial charge on any atom is 0.255 e. The van der Waals surface area contributed by atoms with E-state index >= 15 is 0 Å². The number of nitrogens with zero attached hydrogens (tertiary/aromatic N) is 1. The molecule has 1 heterocycles. The van der Waals surface area contributed by atoms with Crippen molar-refractivity contribution in [1.29, 1.82) is 0 Å². The van der Waals surface area contributed by atoms with Crippen LogP contribution in [-0.4, -0.2) is 22.1 Å². The van der Waals surface area contributed by atoms with E-state index < -0.39 is 0 Å². The Bertz CT molecular complexity index is 381. The highest BCUT2D eigenvalue weighted by Gasteiger charge is 2.16. The summed E-state index contributed by atoms with van der Waals surface area (Å²) in [6, 6.07) is -0.216. The summed E-state index contributed by atoms with van der Waals surface area (Å²) in [5, 5.41) is 9.49. The van der Waals surface area contributed by atoms with Crippen LogP contribution in [0, 0.1) is 26.2 Å². The molecule has 1 aromatic rings. The summed E-state index contributed by atoms with van der Waals surface area (Å²) in [5.41, 5.74) is 2.04. The number of aryl methyl sites for hydroxylation is 2. The lowest BCUT2D eigenvalue weighted by Crippen LogP contribution is -2.33. The first-order chi connectivity index (χ1) is 7.10. The third kappa shape index (κ3) is 2.38. The van der Waals surface area contributed by atoms with E-state index in [-0.39, 0.29) is 11.9 Å². The van der Waals surface area contributed by atoms with Crippen molar-refractivity contribution in [3.8, 4) is 12.3 Å². The van der Waals surface area contributed by atoms with Crippen LogP contribution in [-0.2, 0) is 0 Å². The number of amides is 1. The number of hydrogen-bond donors (Lipinski definition) is 2. The minimum absolute atomic E-state index is 0.163. The van der Waals surface area contributed by atoms with Gasteiger partial charge in [0.15, 0.2) is 0 Å². The quantitative estimate of drug-likeness (QED) is 0.728. The van der Waals surface area contributed by atoms with Gasteiger partial charge in [0.2, 0.25) is 0 Å². The van der Waals surface area contributed by atoms with Crippen LogP contribution in [0.4, 0.5) is 0 Å². The molecule has 1 aromatic heterocycles. The Kier molecular flexibility index (Phi) is 3.51. The van der Waals surface area contributed by atoms with E-state index in [1.165, 1.54) is 0 Å². The second kappa shape index (κ2) is 4.65. The van der Waals surface area contributed by atoms with Crippen LogP contribution in [0.15, 0.2) is 0 Å². The molecule has 1 rings (SSSR count). The van der Waals surface area contributed by atoms with E-state index in [1.54, 1.807) is 6.92 Å². The molecule has 0 fully saturated rings. The fourth-order valence-corrected chi connectivity index (χ4v) is 1.38. The zero-order valence-electron chi connectivity index (χ0n) is 9.22. The fraction of sp³-hybridized carbons (Fsp3) is 0.455. The molecule has 0 radical (unpaired) electrons. The van der Waals surface area contributed by atoms with E-state index in [9.17, 15) is 4.79 Å². The molecule has 15 heavy (non-hydrogen) atoms. The minimum Gasteiger partial charge on any atom is -0.338 e. The predicted molar refractivity (Wildman–Crippen MR) is 58.4 cm³/mol. The van der Waals surface area contributed by atoms with Crippen LogP contribution < -0.4 is 5.32 Å². The van der Waals surface area contributed by atoms with Crippen molar-refractivity contribution in [1.82, 2.24) is 15.5 Å². The first kappa shape index (κ1) is 11.3. The van der Waals surface area contributed by atoms with Gasteiger partial charge in [0.25, 0.3) is 5.91 Å². The summed E-state index contributed by atoms with van der Waals surface area (Å²) in [6.45, 7) is 5.53. The van der Waals surface area contributed by atoms with E-state index in [0.717, 1.165) is 12.1 Å². The summed E-state index contributed by atoms with van der Waals surface area (Å²) >= 11 is 0. The van der Waals surface area contributed by atoms with Gasteiger partial charge in [-0.05, 0) is 20.3 Å². The van der Waals surface area contributed by atoms with Crippen molar-refractivity contribution in [3.63, 3.8) is 0 Å². The smallest absolute Gasteiger partial charge is 0.255 e. The van der Waals surface area contributed by atoms with Crippen LogP contribution >= 0.6 is 0 Å². The second-order valence-electron chi connectivity index (χ2n) is 3.41. The van der Waals surface area contributed by atoms with Crippen molar-refractivity contribution in [2.45, 2.75) is 33.2 Å². The number of H-pyrrole nitrogens is 1. The molecule has 0 aliphatic heterocycles. The summed E-state index contributed by atoms with van der Waals surface area (Å²) < 4.78 is 0. The highest BCUT2D eigenvalue weighted by molar-refractivity contribution is 5.96. The molecule has 0 aliphatic rings. The molecule has 0 aromatic carbocycles.